The van der Waals surface area contributed by atoms with Crippen molar-refractivity contribution in [3.8, 4) is 6.07 Å². The Morgan fingerprint density at radius 2 is 2.11 bits per heavy atom. The average Bonchev–Trinajstić information content (AvgIpc) is 2.88. The van der Waals surface area contributed by atoms with Crippen LogP contribution in [-0.2, 0) is 27.8 Å². The molecule has 2 atom stereocenters. The third-order valence-corrected chi connectivity index (χ3v) is 7.53. The van der Waals surface area contributed by atoms with Crippen LogP contribution in [0.1, 0.15) is 36.1 Å². The molecule has 2 aliphatic rings. The predicted octanol–water partition coefficient (Wildman–Crippen LogP) is 3.76. The largest absolute Gasteiger partial charge is 0.468 e. The van der Waals surface area contributed by atoms with E-state index in [0.29, 0.717) is 29.8 Å². The fraction of sp³-hybridized carbons (Fsp3) is 0.458. The Morgan fingerprint density at radius 1 is 1.34 bits per heavy atom. The van der Waals surface area contributed by atoms with Gasteiger partial charge in [-0.2, -0.15) is 10.2 Å². The van der Waals surface area contributed by atoms with Gasteiger partial charge in [-0.3, -0.25) is 14.9 Å². The van der Waals surface area contributed by atoms with Crippen LogP contribution in [0.5, 0.6) is 0 Å². The van der Waals surface area contributed by atoms with Gasteiger partial charge >= 0.3 is 17.7 Å². The Morgan fingerprint density at radius 3 is 2.76 bits per heavy atom. The van der Waals surface area contributed by atoms with Crippen LogP contribution in [0.15, 0.2) is 18.2 Å². The number of hydrogen-bond donors (Lipinski definition) is 1. The van der Waals surface area contributed by atoms with E-state index in [9.17, 15) is 30.1 Å². The van der Waals surface area contributed by atoms with Crippen molar-refractivity contribution < 1.29 is 24.4 Å². The van der Waals surface area contributed by atoms with E-state index in [1.807, 2.05) is 12.1 Å². The number of anilines is 1. The maximum absolute atomic E-state index is 13.3. The molecule has 2 aromatic rings. The summed E-state index contributed by atoms with van der Waals surface area (Å²) in [5.74, 6) is -0.671. The van der Waals surface area contributed by atoms with Crippen LogP contribution >= 0.6 is 23.2 Å². The molecule has 38 heavy (non-hydrogen) atoms. The van der Waals surface area contributed by atoms with Crippen LogP contribution < -0.4 is 4.90 Å². The number of methoxy groups -OCH3 is 1. The molecule has 14 heteroatoms. The Balaban J connectivity index is 1.83. The van der Waals surface area contributed by atoms with Gasteiger partial charge in [0, 0.05) is 31.1 Å². The van der Waals surface area contributed by atoms with Crippen molar-refractivity contribution in [2.45, 2.75) is 43.6 Å². The van der Waals surface area contributed by atoms with Crippen molar-refractivity contribution in [3.63, 3.8) is 0 Å². The Kier molecular flexibility index (Phi) is 7.89. The quantitative estimate of drug-likeness (QED) is 0.237. The number of hydrogen-bond acceptors (Lipinski definition) is 9. The van der Waals surface area contributed by atoms with Gasteiger partial charge in [-0.1, -0.05) is 17.7 Å². The summed E-state index contributed by atoms with van der Waals surface area (Å²) in [6.45, 7) is 0.0876. The molecule has 0 saturated carbocycles. The molecule has 4 rings (SSSR count). The van der Waals surface area contributed by atoms with E-state index in [2.05, 4.69) is 9.97 Å². The number of carbonyl (C=O) groups is 2. The number of esters is 1. The van der Waals surface area contributed by atoms with Crippen molar-refractivity contribution in [2.24, 2.45) is 0 Å². The Labute approximate surface area is 227 Å². The zero-order valence-electron chi connectivity index (χ0n) is 20.4. The molecule has 0 radical (unpaired) electrons. The summed E-state index contributed by atoms with van der Waals surface area (Å²) >= 11 is 12.5. The summed E-state index contributed by atoms with van der Waals surface area (Å²) in [5, 5.41) is 31.3. The number of fused-ring (bicyclic) bond motifs is 1. The summed E-state index contributed by atoms with van der Waals surface area (Å²) in [6.07, 6.45) is 0.215. The van der Waals surface area contributed by atoms with E-state index in [4.69, 9.17) is 27.9 Å². The SMILES string of the molecule is COC(=O)C1(Cc2nc(Cl)nc(N3CCN(C(=O)O)C(CC#N)C3)c2[N+](=O)[O-])CCCc2ccc(Cl)cc21. The highest BCUT2D eigenvalue weighted by molar-refractivity contribution is 6.30. The lowest BCUT2D eigenvalue weighted by Crippen LogP contribution is -2.55. The summed E-state index contributed by atoms with van der Waals surface area (Å²) in [6, 6.07) is 6.47. The number of amides is 1. The molecule has 2 heterocycles. The van der Waals surface area contributed by atoms with Crippen molar-refractivity contribution in [3.05, 3.63) is 55.4 Å². The van der Waals surface area contributed by atoms with Gasteiger partial charge in [0.2, 0.25) is 11.1 Å². The topological polar surface area (TPSA) is 163 Å². The molecule has 1 amide bonds. The number of nitrogens with zero attached hydrogens (tertiary/aromatic N) is 6. The van der Waals surface area contributed by atoms with E-state index in [1.165, 1.54) is 12.0 Å². The molecule has 1 N–H and O–H groups in total. The number of halogens is 2. The van der Waals surface area contributed by atoms with Gasteiger partial charge < -0.3 is 19.6 Å². The lowest BCUT2D eigenvalue weighted by molar-refractivity contribution is -0.385. The molecule has 2 unspecified atom stereocenters. The van der Waals surface area contributed by atoms with Crippen molar-refractivity contribution in [1.29, 1.82) is 5.26 Å². The highest BCUT2D eigenvalue weighted by Gasteiger charge is 2.47. The van der Waals surface area contributed by atoms with E-state index in [1.54, 1.807) is 12.1 Å². The van der Waals surface area contributed by atoms with Crippen LogP contribution in [0.25, 0.3) is 0 Å². The third kappa shape index (κ3) is 5.04. The number of aryl methyl sites for hydroxylation is 1. The van der Waals surface area contributed by atoms with Gasteiger partial charge in [-0.15, -0.1) is 0 Å². The first-order valence-electron chi connectivity index (χ1n) is 11.8. The zero-order chi connectivity index (χ0) is 27.6. The number of nitro groups is 1. The molecule has 1 aliphatic carbocycles. The van der Waals surface area contributed by atoms with Crippen molar-refractivity contribution >= 4 is 46.8 Å². The van der Waals surface area contributed by atoms with E-state index in [-0.39, 0.29) is 49.3 Å². The second kappa shape index (κ2) is 11.0. The van der Waals surface area contributed by atoms with Gasteiger partial charge in [0.05, 0.1) is 36.0 Å². The number of benzene rings is 1. The highest BCUT2D eigenvalue weighted by atomic mass is 35.5. The molecule has 1 aliphatic heterocycles. The first-order valence-corrected chi connectivity index (χ1v) is 12.6. The number of nitriles is 1. The summed E-state index contributed by atoms with van der Waals surface area (Å²) < 4.78 is 5.18. The molecular weight excluding hydrogens is 539 g/mol. The normalized spacial score (nSPS) is 20.8. The predicted molar refractivity (Wildman–Crippen MR) is 136 cm³/mol. The summed E-state index contributed by atoms with van der Waals surface area (Å²) in [5.41, 5.74) is -0.277. The second-order valence-electron chi connectivity index (χ2n) is 9.21. The minimum atomic E-state index is -1.29. The number of carbonyl (C=O) groups excluding carboxylic acids is 1. The van der Waals surface area contributed by atoms with E-state index >= 15 is 0 Å². The van der Waals surface area contributed by atoms with Gasteiger partial charge in [0.15, 0.2) is 0 Å². The number of rotatable bonds is 6. The van der Waals surface area contributed by atoms with Gasteiger partial charge in [-0.05, 0) is 54.1 Å². The van der Waals surface area contributed by atoms with Crippen LogP contribution in [0, 0.1) is 21.4 Å². The van der Waals surface area contributed by atoms with Gasteiger partial charge in [-0.25, -0.2) is 9.78 Å². The maximum atomic E-state index is 13.3. The molecular formula is C24H24Cl2N6O6. The molecule has 200 valence electrons. The number of carboxylic acid groups (broad SMARTS) is 1. The van der Waals surface area contributed by atoms with Crippen LogP contribution in [-0.4, -0.2) is 69.7 Å². The van der Waals surface area contributed by atoms with Crippen molar-refractivity contribution in [2.75, 3.05) is 31.6 Å². The number of ether oxygens (including phenoxy) is 1. The number of piperazine rings is 1. The lowest BCUT2D eigenvalue weighted by atomic mass is 9.67. The minimum Gasteiger partial charge on any atom is -0.468 e. The van der Waals surface area contributed by atoms with Crippen LogP contribution in [0.2, 0.25) is 10.3 Å². The molecule has 1 saturated heterocycles. The first kappa shape index (κ1) is 27.3. The van der Waals surface area contributed by atoms with Crippen LogP contribution in [0.4, 0.5) is 16.3 Å². The molecule has 0 bridgehead atoms. The fourth-order valence-electron chi connectivity index (χ4n) is 5.45. The van der Waals surface area contributed by atoms with E-state index < -0.39 is 34.1 Å². The molecule has 1 aromatic heterocycles. The van der Waals surface area contributed by atoms with Crippen LogP contribution in [0.3, 0.4) is 0 Å². The summed E-state index contributed by atoms with van der Waals surface area (Å²) in [4.78, 5) is 47.7. The Bertz CT molecular complexity index is 1330. The molecule has 1 fully saturated rings. The maximum Gasteiger partial charge on any atom is 0.407 e. The first-order chi connectivity index (χ1) is 18.1. The van der Waals surface area contributed by atoms with Crippen molar-refractivity contribution in [1.82, 2.24) is 14.9 Å². The third-order valence-electron chi connectivity index (χ3n) is 7.13. The standard InChI is InChI=1S/C24H24Cl2N6O6/c1-38-21(33)24(7-2-3-14-4-5-15(25)11-17(14)24)12-18-19(32(36)37)20(29-22(26)28-18)30-9-10-31(23(34)35)16(13-30)6-8-27/h4-5,11,16H,2-3,6-7,9-10,12-13H2,1H3,(H,34,35). The highest BCUT2D eigenvalue weighted by Crippen LogP contribution is 2.44. The lowest BCUT2D eigenvalue weighted by Gasteiger charge is -2.39. The molecule has 1 aromatic carbocycles. The molecule has 0 spiro atoms. The fourth-order valence-corrected chi connectivity index (χ4v) is 5.80. The monoisotopic (exact) mass is 562 g/mol. The molecule has 12 nitrogen and oxygen atoms in total. The smallest absolute Gasteiger partial charge is 0.407 e. The Hall–Kier alpha value is -3.69. The second-order valence-corrected chi connectivity index (χ2v) is 9.99. The van der Waals surface area contributed by atoms with E-state index in [0.717, 1.165) is 10.5 Å². The van der Waals surface area contributed by atoms with Gasteiger partial charge in [0.1, 0.15) is 5.69 Å². The number of aromatic nitrogens is 2. The average molecular weight is 563 g/mol. The van der Waals surface area contributed by atoms with Gasteiger partial charge in [0.25, 0.3) is 0 Å². The minimum absolute atomic E-state index is 0.00588. The zero-order valence-corrected chi connectivity index (χ0v) is 21.9. The summed E-state index contributed by atoms with van der Waals surface area (Å²) in [7, 11) is 1.26.